The lowest BCUT2D eigenvalue weighted by molar-refractivity contribution is 0.253. The van der Waals surface area contributed by atoms with E-state index in [0.717, 1.165) is 28.0 Å². The molecule has 0 aliphatic heterocycles. The summed E-state index contributed by atoms with van der Waals surface area (Å²) in [5.74, 6) is 0. The standard InChI is InChI=1S/C11H10BrNOS2/c12-7-3-8(15-4-7)10-13-9(5-16-10)11(6-14)1-2-11/h3-5,14H,1-2,6H2. The van der Waals surface area contributed by atoms with Gasteiger partial charge in [0.2, 0.25) is 0 Å². The Kier molecular flexibility index (Phi) is 2.66. The Bertz CT molecular complexity index is 516. The summed E-state index contributed by atoms with van der Waals surface area (Å²) in [6.45, 7) is 0.226. The maximum atomic E-state index is 9.35. The van der Waals surface area contributed by atoms with E-state index in [4.69, 9.17) is 0 Å². The van der Waals surface area contributed by atoms with Crippen LogP contribution in [0.15, 0.2) is 21.3 Å². The van der Waals surface area contributed by atoms with Crippen LogP contribution in [0.5, 0.6) is 0 Å². The SMILES string of the molecule is OCC1(c2csc(-c3cc(Br)cs3)n2)CC1. The van der Waals surface area contributed by atoms with Crippen LogP contribution >= 0.6 is 38.6 Å². The van der Waals surface area contributed by atoms with Crippen molar-refractivity contribution in [2.75, 3.05) is 6.61 Å². The van der Waals surface area contributed by atoms with E-state index in [9.17, 15) is 5.11 Å². The summed E-state index contributed by atoms with van der Waals surface area (Å²) < 4.78 is 1.10. The number of hydrogen-bond acceptors (Lipinski definition) is 4. The minimum atomic E-state index is -0.0107. The molecule has 1 aliphatic rings. The molecule has 0 atom stereocenters. The monoisotopic (exact) mass is 315 g/mol. The molecule has 0 spiro atoms. The molecule has 2 heterocycles. The van der Waals surface area contributed by atoms with Crippen molar-refractivity contribution in [1.29, 1.82) is 0 Å². The van der Waals surface area contributed by atoms with Gasteiger partial charge in [0, 0.05) is 20.6 Å². The molecule has 2 nitrogen and oxygen atoms in total. The zero-order valence-electron chi connectivity index (χ0n) is 8.44. The van der Waals surface area contributed by atoms with Crippen LogP contribution in [0.1, 0.15) is 18.5 Å². The molecular weight excluding hydrogens is 306 g/mol. The Morgan fingerprint density at radius 2 is 2.19 bits per heavy atom. The second-order valence-electron chi connectivity index (χ2n) is 4.11. The Hall–Kier alpha value is -0.230. The average Bonchev–Trinajstić information content (AvgIpc) is 2.74. The highest BCUT2D eigenvalue weighted by molar-refractivity contribution is 9.10. The van der Waals surface area contributed by atoms with Crippen LogP contribution in [0.3, 0.4) is 0 Å². The lowest BCUT2D eigenvalue weighted by atomic mass is 10.1. The molecule has 0 bridgehead atoms. The van der Waals surface area contributed by atoms with Crippen LogP contribution in [0, 0.1) is 0 Å². The molecule has 2 aromatic rings. The molecule has 1 N–H and O–H groups in total. The van der Waals surface area contributed by atoms with Crippen molar-refractivity contribution < 1.29 is 5.11 Å². The molecule has 0 unspecified atom stereocenters. The fourth-order valence-electron chi connectivity index (χ4n) is 1.70. The number of aromatic nitrogens is 1. The van der Waals surface area contributed by atoms with Crippen LogP contribution in [-0.2, 0) is 5.41 Å². The number of aliphatic hydroxyl groups excluding tert-OH is 1. The number of nitrogens with zero attached hydrogens (tertiary/aromatic N) is 1. The van der Waals surface area contributed by atoms with Crippen LogP contribution < -0.4 is 0 Å². The smallest absolute Gasteiger partial charge is 0.133 e. The molecule has 0 radical (unpaired) electrons. The van der Waals surface area contributed by atoms with E-state index in [2.05, 4.69) is 37.7 Å². The van der Waals surface area contributed by atoms with Gasteiger partial charge in [-0.05, 0) is 34.8 Å². The van der Waals surface area contributed by atoms with Crippen molar-refractivity contribution in [2.24, 2.45) is 0 Å². The summed E-state index contributed by atoms with van der Waals surface area (Å²) in [7, 11) is 0. The highest BCUT2D eigenvalue weighted by Gasteiger charge is 2.45. The third-order valence-electron chi connectivity index (χ3n) is 2.98. The van der Waals surface area contributed by atoms with Crippen molar-refractivity contribution in [1.82, 2.24) is 4.98 Å². The Morgan fingerprint density at radius 3 is 2.75 bits per heavy atom. The zero-order valence-corrected chi connectivity index (χ0v) is 11.7. The minimum Gasteiger partial charge on any atom is -0.395 e. The minimum absolute atomic E-state index is 0.0107. The number of aliphatic hydroxyl groups is 1. The molecule has 1 aliphatic carbocycles. The van der Waals surface area contributed by atoms with Crippen LogP contribution in [0.25, 0.3) is 9.88 Å². The van der Waals surface area contributed by atoms with E-state index >= 15 is 0 Å². The lowest BCUT2D eigenvalue weighted by Gasteiger charge is -2.06. The van der Waals surface area contributed by atoms with Gasteiger partial charge in [0.1, 0.15) is 5.01 Å². The van der Waals surface area contributed by atoms with Crippen molar-refractivity contribution in [3.8, 4) is 9.88 Å². The molecule has 84 valence electrons. The van der Waals surface area contributed by atoms with E-state index in [1.165, 1.54) is 4.88 Å². The molecule has 1 saturated carbocycles. The second-order valence-corrected chi connectivity index (χ2v) is 6.79. The van der Waals surface area contributed by atoms with Gasteiger partial charge < -0.3 is 5.11 Å². The van der Waals surface area contributed by atoms with Gasteiger partial charge in [-0.2, -0.15) is 0 Å². The van der Waals surface area contributed by atoms with Gasteiger partial charge in [0.05, 0.1) is 17.2 Å². The summed E-state index contributed by atoms with van der Waals surface area (Å²) in [4.78, 5) is 5.84. The quantitative estimate of drug-likeness (QED) is 0.937. The predicted molar refractivity (Wildman–Crippen MR) is 71.1 cm³/mol. The Morgan fingerprint density at radius 1 is 1.38 bits per heavy atom. The predicted octanol–water partition coefficient (Wildman–Crippen LogP) is 3.66. The summed E-state index contributed by atoms with van der Waals surface area (Å²) in [6, 6.07) is 2.09. The number of halogens is 1. The molecular formula is C11H10BrNOS2. The van der Waals surface area contributed by atoms with Crippen LogP contribution in [-0.4, -0.2) is 16.7 Å². The summed E-state index contributed by atoms with van der Waals surface area (Å²) in [6.07, 6.45) is 2.14. The second kappa shape index (κ2) is 3.91. The third kappa shape index (κ3) is 1.76. The summed E-state index contributed by atoms with van der Waals surface area (Å²) in [5.41, 5.74) is 1.06. The summed E-state index contributed by atoms with van der Waals surface area (Å²) in [5, 5.41) is 14.6. The number of thiophene rings is 1. The zero-order chi connectivity index (χ0) is 11.2. The highest BCUT2D eigenvalue weighted by Crippen LogP contribution is 2.48. The molecule has 0 saturated heterocycles. The molecule has 3 rings (SSSR count). The maximum Gasteiger partial charge on any atom is 0.133 e. The Balaban J connectivity index is 1.94. The first-order valence-corrected chi connectivity index (χ1v) is 7.60. The van der Waals surface area contributed by atoms with Gasteiger partial charge in [0.25, 0.3) is 0 Å². The molecule has 5 heteroatoms. The number of thiazole rings is 1. The first-order valence-electron chi connectivity index (χ1n) is 5.05. The van der Waals surface area contributed by atoms with E-state index in [-0.39, 0.29) is 12.0 Å². The van der Waals surface area contributed by atoms with Gasteiger partial charge in [-0.15, -0.1) is 22.7 Å². The van der Waals surface area contributed by atoms with Crippen molar-refractivity contribution >= 4 is 38.6 Å². The van der Waals surface area contributed by atoms with E-state index in [0.29, 0.717) is 0 Å². The molecule has 16 heavy (non-hydrogen) atoms. The Labute approximate surface area is 110 Å². The van der Waals surface area contributed by atoms with Crippen LogP contribution in [0.2, 0.25) is 0 Å². The van der Waals surface area contributed by atoms with Crippen molar-refractivity contribution in [3.63, 3.8) is 0 Å². The molecule has 0 aromatic carbocycles. The fraction of sp³-hybridized carbons (Fsp3) is 0.364. The number of hydrogen-bond donors (Lipinski definition) is 1. The van der Waals surface area contributed by atoms with E-state index in [1.807, 2.05) is 0 Å². The summed E-state index contributed by atoms with van der Waals surface area (Å²) >= 11 is 6.81. The highest BCUT2D eigenvalue weighted by atomic mass is 79.9. The normalized spacial score (nSPS) is 17.6. The van der Waals surface area contributed by atoms with E-state index < -0.39 is 0 Å². The topological polar surface area (TPSA) is 33.1 Å². The third-order valence-corrected chi connectivity index (χ3v) is 5.68. The average molecular weight is 316 g/mol. The van der Waals surface area contributed by atoms with Gasteiger partial charge in [0.15, 0.2) is 0 Å². The van der Waals surface area contributed by atoms with Crippen molar-refractivity contribution in [3.05, 3.63) is 27.0 Å². The van der Waals surface area contributed by atoms with Gasteiger partial charge in [-0.25, -0.2) is 4.98 Å². The first kappa shape index (κ1) is 10.9. The van der Waals surface area contributed by atoms with Crippen molar-refractivity contribution in [2.45, 2.75) is 18.3 Å². The largest absolute Gasteiger partial charge is 0.395 e. The number of rotatable bonds is 3. The van der Waals surface area contributed by atoms with Gasteiger partial charge in [-0.1, -0.05) is 0 Å². The fourth-order valence-corrected chi connectivity index (χ4v) is 4.15. The molecule has 1 fully saturated rings. The first-order chi connectivity index (χ1) is 7.73. The molecule has 2 aromatic heterocycles. The van der Waals surface area contributed by atoms with Gasteiger partial charge >= 0.3 is 0 Å². The van der Waals surface area contributed by atoms with Gasteiger partial charge in [-0.3, -0.25) is 0 Å². The lowest BCUT2D eigenvalue weighted by Crippen LogP contribution is -2.11. The maximum absolute atomic E-state index is 9.35. The van der Waals surface area contributed by atoms with Crippen LogP contribution in [0.4, 0.5) is 0 Å². The van der Waals surface area contributed by atoms with E-state index in [1.54, 1.807) is 22.7 Å². The molecule has 0 amide bonds.